The minimum atomic E-state index is 0.284. The van der Waals surface area contributed by atoms with Gasteiger partial charge in [-0.1, -0.05) is 145 Å². The van der Waals surface area contributed by atoms with Gasteiger partial charge in [0, 0.05) is 13.0 Å². The maximum absolute atomic E-state index is 6.12. The second kappa shape index (κ2) is 36.9. The van der Waals surface area contributed by atoms with Crippen molar-refractivity contribution in [3.05, 3.63) is 48.6 Å². The predicted molar refractivity (Wildman–Crippen MR) is 204 cm³/mol. The van der Waals surface area contributed by atoms with Crippen LogP contribution in [0.25, 0.3) is 0 Å². The van der Waals surface area contributed by atoms with Gasteiger partial charge >= 0.3 is 0 Å². The van der Waals surface area contributed by atoms with Gasteiger partial charge in [0.2, 0.25) is 0 Å². The van der Waals surface area contributed by atoms with E-state index >= 15 is 0 Å². The van der Waals surface area contributed by atoms with Crippen LogP contribution in [0, 0.1) is 0 Å². The molecule has 262 valence electrons. The van der Waals surface area contributed by atoms with E-state index in [9.17, 15) is 0 Å². The molecule has 0 saturated carbocycles. The zero-order chi connectivity index (χ0) is 32.9. The molecule has 0 heterocycles. The Morgan fingerprint density at radius 2 is 0.933 bits per heavy atom. The summed E-state index contributed by atoms with van der Waals surface area (Å²) < 4.78 is 0. The average Bonchev–Trinajstić information content (AvgIpc) is 3.03. The van der Waals surface area contributed by atoms with Crippen LogP contribution in [-0.4, -0.2) is 37.4 Å². The Morgan fingerprint density at radius 1 is 0.533 bits per heavy atom. The molecular formula is C42H78N2O. The van der Waals surface area contributed by atoms with E-state index in [0.717, 1.165) is 44.4 Å². The van der Waals surface area contributed by atoms with Crippen molar-refractivity contribution in [1.29, 1.82) is 0 Å². The van der Waals surface area contributed by atoms with Crippen molar-refractivity contribution < 1.29 is 4.84 Å². The van der Waals surface area contributed by atoms with E-state index in [4.69, 9.17) is 4.84 Å². The van der Waals surface area contributed by atoms with E-state index in [1.165, 1.54) is 135 Å². The standard InChI is InChI=1S/C42H78N2O/c1-6-8-10-12-14-16-18-20-22-24-26-28-30-32-34-36-38-42(45-43-41(3)39-40-44(4)5)37-35-33-31-29-27-25-23-21-19-17-15-13-11-9-7-2/h13-16,19-22,42H,6-12,17-18,23-40H2,1-5H3/b15-13+,16-14-,21-19-,22-20-,43-41-. The molecule has 0 aromatic heterocycles. The Bertz CT molecular complexity index is 733. The van der Waals surface area contributed by atoms with Crippen LogP contribution >= 0.6 is 0 Å². The SMILES string of the molecule is CCCC/C=C/C/C=C\CCCCCCCCC(CCCCCCCC/C=C\C/C=C\CCCCC)O/N=C(/C)CCN(C)C. The Hall–Kier alpha value is -1.61. The summed E-state index contributed by atoms with van der Waals surface area (Å²) >= 11 is 0. The molecule has 0 radical (unpaired) electrons. The van der Waals surface area contributed by atoms with E-state index in [1.54, 1.807) is 0 Å². The summed E-state index contributed by atoms with van der Waals surface area (Å²) in [6, 6.07) is 0. The minimum Gasteiger partial charge on any atom is -0.393 e. The summed E-state index contributed by atoms with van der Waals surface area (Å²) in [4.78, 5) is 8.34. The summed E-state index contributed by atoms with van der Waals surface area (Å²) in [6.07, 6.45) is 52.1. The first-order valence-electron chi connectivity index (χ1n) is 19.5. The molecule has 45 heavy (non-hydrogen) atoms. The number of unbranched alkanes of at least 4 members (excludes halogenated alkanes) is 17. The molecule has 0 saturated heterocycles. The number of hydrogen-bond acceptors (Lipinski definition) is 3. The van der Waals surface area contributed by atoms with E-state index in [2.05, 4.69) is 93.5 Å². The number of hydrogen-bond donors (Lipinski definition) is 0. The molecule has 3 nitrogen and oxygen atoms in total. The van der Waals surface area contributed by atoms with Crippen LogP contribution in [0.4, 0.5) is 0 Å². The van der Waals surface area contributed by atoms with Crippen molar-refractivity contribution in [1.82, 2.24) is 4.90 Å². The molecule has 0 spiro atoms. The van der Waals surface area contributed by atoms with Gasteiger partial charge in [-0.2, -0.15) is 0 Å². The number of nitrogens with zero attached hydrogens (tertiary/aromatic N) is 2. The van der Waals surface area contributed by atoms with Gasteiger partial charge in [-0.05, 0) is 104 Å². The minimum absolute atomic E-state index is 0.284. The Balaban J connectivity index is 4.05. The molecule has 0 aromatic rings. The highest BCUT2D eigenvalue weighted by atomic mass is 16.6. The first kappa shape index (κ1) is 43.4. The van der Waals surface area contributed by atoms with Crippen molar-refractivity contribution in [3.63, 3.8) is 0 Å². The number of allylic oxidation sites excluding steroid dienone is 8. The van der Waals surface area contributed by atoms with Crippen molar-refractivity contribution in [2.45, 2.75) is 194 Å². The van der Waals surface area contributed by atoms with Crippen LogP contribution < -0.4 is 0 Å². The molecule has 3 heteroatoms. The van der Waals surface area contributed by atoms with Gasteiger partial charge in [0.1, 0.15) is 6.10 Å². The zero-order valence-electron chi connectivity index (χ0n) is 31.1. The van der Waals surface area contributed by atoms with Crippen LogP contribution in [0.1, 0.15) is 188 Å². The third-order valence-electron chi connectivity index (χ3n) is 8.48. The van der Waals surface area contributed by atoms with Crippen molar-refractivity contribution in [3.8, 4) is 0 Å². The second-order valence-corrected chi connectivity index (χ2v) is 13.5. The van der Waals surface area contributed by atoms with Crippen molar-refractivity contribution in [2.75, 3.05) is 20.6 Å². The lowest BCUT2D eigenvalue weighted by atomic mass is 10.0. The first-order chi connectivity index (χ1) is 22.1. The normalized spacial score (nSPS) is 13.5. The molecule has 0 amide bonds. The fourth-order valence-corrected chi connectivity index (χ4v) is 5.38. The van der Waals surface area contributed by atoms with Crippen LogP contribution in [0.3, 0.4) is 0 Å². The highest BCUT2D eigenvalue weighted by Gasteiger charge is 2.10. The molecule has 1 atom stereocenters. The van der Waals surface area contributed by atoms with Gasteiger partial charge in [0.05, 0.1) is 5.71 Å². The lowest BCUT2D eigenvalue weighted by molar-refractivity contribution is 0.0424. The first-order valence-corrected chi connectivity index (χ1v) is 19.5. The van der Waals surface area contributed by atoms with E-state index in [-0.39, 0.29) is 6.10 Å². The third kappa shape index (κ3) is 36.7. The number of rotatable bonds is 34. The van der Waals surface area contributed by atoms with Crippen LogP contribution in [0.5, 0.6) is 0 Å². The summed E-state index contributed by atoms with van der Waals surface area (Å²) in [7, 11) is 4.24. The summed E-state index contributed by atoms with van der Waals surface area (Å²) in [5, 5.41) is 4.55. The van der Waals surface area contributed by atoms with Gasteiger partial charge in [-0.3, -0.25) is 0 Å². The third-order valence-corrected chi connectivity index (χ3v) is 8.48. The maximum Gasteiger partial charge on any atom is 0.127 e. The Labute approximate surface area is 283 Å². The van der Waals surface area contributed by atoms with E-state index < -0.39 is 0 Å². The summed E-state index contributed by atoms with van der Waals surface area (Å²) in [5.74, 6) is 0. The summed E-state index contributed by atoms with van der Waals surface area (Å²) in [6.45, 7) is 7.66. The molecule has 0 fully saturated rings. The molecule has 0 aliphatic carbocycles. The summed E-state index contributed by atoms with van der Waals surface area (Å²) in [5.41, 5.74) is 1.12. The maximum atomic E-state index is 6.12. The van der Waals surface area contributed by atoms with Gasteiger partial charge in [0.25, 0.3) is 0 Å². The smallest absolute Gasteiger partial charge is 0.127 e. The molecule has 0 rings (SSSR count). The lowest BCUT2D eigenvalue weighted by Gasteiger charge is -2.16. The molecule has 0 aliphatic rings. The van der Waals surface area contributed by atoms with E-state index in [0.29, 0.717) is 0 Å². The molecule has 0 bridgehead atoms. The monoisotopic (exact) mass is 627 g/mol. The molecule has 0 aliphatic heterocycles. The van der Waals surface area contributed by atoms with Crippen LogP contribution in [0.15, 0.2) is 53.8 Å². The van der Waals surface area contributed by atoms with Crippen molar-refractivity contribution >= 4 is 5.71 Å². The Morgan fingerprint density at radius 3 is 1.38 bits per heavy atom. The molecular weight excluding hydrogens is 548 g/mol. The largest absolute Gasteiger partial charge is 0.393 e. The quantitative estimate of drug-likeness (QED) is 0.0307. The van der Waals surface area contributed by atoms with E-state index in [1.807, 2.05) is 0 Å². The van der Waals surface area contributed by atoms with Crippen molar-refractivity contribution in [2.24, 2.45) is 5.16 Å². The number of oxime groups is 1. The molecule has 0 N–H and O–H groups in total. The van der Waals surface area contributed by atoms with Crippen LogP contribution in [-0.2, 0) is 4.84 Å². The zero-order valence-corrected chi connectivity index (χ0v) is 31.1. The highest BCUT2D eigenvalue weighted by molar-refractivity contribution is 5.81. The van der Waals surface area contributed by atoms with Gasteiger partial charge < -0.3 is 9.74 Å². The fraction of sp³-hybridized carbons (Fsp3) is 0.786. The van der Waals surface area contributed by atoms with Gasteiger partial charge in [-0.25, -0.2) is 0 Å². The Kier molecular flexibility index (Phi) is 35.5. The molecule has 0 aromatic carbocycles. The van der Waals surface area contributed by atoms with Gasteiger partial charge in [0.15, 0.2) is 0 Å². The average molecular weight is 627 g/mol. The predicted octanol–water partition coefficient (Wildman–Crippen LogP) is 13.7. The molecule has 1 unspecified atom stereocenters. The lowest BCUT2D eigenvalue weighted by Crippen LogP contribution is -2.16. The highest BCUT2D eigenvalue weighted by Crippen LogP contribution is 2.18. The second-order valence-electron chi connectivity index (χ2n) is 13.5. The fourth-order valence-electron chi connectivity index (χ4n) is 5.38. The van der Waals surface area contributed by atoms with Crippen LogP contribution in [0.2, 0.25) is 0 Å². The van der Waals surface area contributed by atoms with Gasteiger partial charge in [-0.15, -0.1) is 0 Å². The topological polar surface area (TPSA) is 24.8 Å².